The number of hydrogen-bond acceptors (Lipinski definition) is 3. The molecule has 0 saturated heterocycles. The van der Waals surface area contributed by atoms with Crippen molar-refractivity contribution in [2.75, 3.05) is 19.3 Å². The van der Waals surface area contributed by atoms with Gasteiger partial charge in [-0.15, -0.1) is 0 Å². The van der Waals surface area contributed by atoms with Gasteiger partial charge in [-0.2, -0.15) is 0 Å². The molecule has 1 aliphatic rings. The summed E-state index contributed by atoms with van der Waals surface area (Å²) in [6.45, 7) is 1.08. The Bertz CT molecular complexity index is 239. The topological polar surface area (TPSA) is 72.2 Å². The second-order valence-corrected chi connectivity index (χ2v) is 5.48. The van der Waals surface area contributed by atoms with Gasteiger partial charge in [0.05, 0.1) is 6.26 Å². The van der Waals surface area contributed by atoms with Gasteiger partial charge in [0.1, 0.15) is 0 Å². The van der Waals surface area contributed by atoms with Crippen molar-refractivity contribution in [1.82, 2.24) is 4.72 Å². The van der Waals surface area contributed by atoms with Gasteiger partial charge in [-0.25, -0.2) is 13.1 Å². The zero-order chi connectivity index (χ0) is 9.24. The van der Waals surface area contributed by atoms with Crippen LogP contribution in [0.25, 0.3) is 0 Å². The van der Waals surface area contributed by atoms with E-state index in [0.29, 0.717) is 13.1 Å². The van der Waals surface area contributed by atoms with Crippen molar-refractivity contribution >= 4 is 10.0 Å². The second-order valence-electron chi connectivity index (χ2n) is 3.65. The van der Waals surface area contributed by atoms with Crippen molar-refractivity contribution in [3.05, 3.63) is 0 Å². The Morgan fingerprint density at radius 3 is 2.33 bits per heavy atom. The maximum atomic E-state index is 10.8. The summed E-state index contributed by atoms with van der Waals surface area (Å²) in [5.41, 5.74) is 5.62. The van der Waals surface area contributed by atoms with Crippen LogP contribution in [0.1, 0.15) is 19.3 Å². The van der Waals surface area contributed by atoms with E-state index in [2.05, 4.69) is 4.72 Å². The zero-order valence-electron chi connectivity index (χ0n) is 7.34. The molecule has 4 nitrogen and oxygen atoms in total. The van der Waals surface area contributed by atoms with Crippen molar-refractivity contribution in [3.8, 4) is 0 Å². The lowest BCUT2D eigenvalue weighted by molar-refractivity contribution is 0.150. The highest BCUT2D eigenvalue weighted by Crippen LogP contribution is 2.39. The van der Waals surface area contributed by atoms with Crippen LogP contribution < -0.4 is 10.5 Å². The third kappa shape index (κ3) is 2.43. The Morgan fingerprint density at radius 2 is 2.08 bits per heavy atom. The summed E-state index contributed by atoms with van der Waals surface area (Å²) in [6, 6.07) is 0. The molecule has 0 heterocycles. The van der Waals surface area contributed by atoms with E-state index < -0.39 is 10.0 Å². The van der Waals surface area contributed by atoms with Gasteiger partial charge in [0.15, 0.2) is 0 Å². The molecule has 72 valence electrons. The van der Waals surface area contributed by atoms with Crippen LogP contribution in [0.15, 0.2) is 0 Å². The monoisotopic (exact) mass is 192 g/mol. The molecule has 1 rings (SSSR count). The lowest BCUT2D eigenvalue weighted by atomic mass is 9.69. The van der Waals surface area contributed by atoms with Gasteiger partial charge in [0.2, 0.25) is 10.0 Å². The Morgan fingerprint density at radius 1 is 1.50 bits per heavy atom. The molecule has 0 spiro atoms. The number of sulfonamides is 1. The van der Waals surface area contributed by atoms with E-state index in [9.17, 15) is 8.42 Å². The van der Waals surface area contributed by atoms with Crippen molar-refractivity contribution in [2.45, 2.75) is 19.3 Å². The van der Waals surface area contributed by atoms with Crippen molar-refractivity contribution < 1.29 is 8.42 Å². The highest BCUT2D eigenvalue weighted by molar-refractivity contribution is 7.88. The van der Waals surface area contributed by atoms with Crippen LogP contribution in [-0.4, -0.2) is 27.8 Å². The molecule has 0 aliphatic heterocycles. The molecule has 0 radical (unpaired) electrons. The van der Waals surface area contributed by atoms with Crippen LogP contribution >= 0.6 is 0 Å². The van der Waals surface area contributed by atoms with Gasteiger partial charge in [0.25, 0.3) is 0 Å². The molecule has 5 heteroatoms. The van der Waals surface area contributed by atoms with Gasteiger partial charge in [-0.3, -0.25) is 0 Å². The van der Waals surface area contributed by atoms with E-state index in [0.717, 1.165) is 12.8 Å². The summed E-state index contributed by atoms with van der Waals surface area (Å²) in [5.74, 6) is 0. The molecule has 0 aromatic heterocycles. The first-order chi connectivity index (χ1) is 5.47. The predicted molar refractivity (Wildman–Crippen MR) is 48.2 cm³/mol. The van der Waals surface area contributed by atoms with E-state index in [-0.39, 0.29) is 5.41 Å². The van der Waals surface area contributed by atoms with Gasteiger partial charge < -0.3 is 5.73 Å². The first-order valence-corrected chi connectivity index (χ1v) is 6.01. The van der Waals surface area contributed by atoms with Crippen LogP contribution in [-0.2, 0) is 10.0 Å². The van der Waals surface area contributed by atoms with Crippen LogP contribution in [0, 0.1) is 5.41 Å². The Balaban J connectivity index is 2.40. The molecule has 0 atom stereocenters. The maximum absolute atomic E-state index is 10.8. The van der Waals surface area contributed by atoms with Crippen LogP contribution in [0.2, 0.25) is 0 Å². The van der Waals surface area contributed by atoms with Crippen LogP contribution in [0.3, 0.4) is 0 Å². The molecule has 3 N–H and O–H groups in total. The zero-order valence-corrected chi connectivity index (χ0v) is 8.15. The van der Waals surface area contributed by atoms with Gasteiger partial charge in [-0.1, -0.05) is 6.42 Å². The predicted octanol–water partition coefficient (Wildman–Crippen LogP) is -0.335. The molecule has 0 aromatic rings. The average Bonchev–Trinajstić information content (AvgIpc) is 1.84. The number of hydrogen-bond donors (Lipinski definition) is 2. The third-order valence-electron chi connectivity index (χ3n) is 2.56. The molecule has 0 amide bonds. The standard InChI is InChI=1S/C7H16N2O2S/c1-12(10,11)9-6-7(5-8)3-2-4-7/h9H,2-6,8H2,1H3. The molecule has 0 aromatic carbocycles. The quantitative estimate of drug-likeness (QED) is 0.640. The van der Waals surface area contributed by atoms with Crippen molar-refractivity contribution in [1.29, 1.82) is 0 Å². The first kappa shape index (κ1) is 9.95. The lowest BCUT2D eigenvalue weighted by Gasteiger charge is -2.40. The van der Waals surface area contributed by atoms with Crippen LogP contribution in [0.5, 0.6) is 0 Å². The minimum Gasteiger partial charge on any atom is -0.330 e. The molecule has 1 aliphatic carbocycles. The fourth-order valence-electron chi connectivity index (χ4n) is 1.41. The largest absolute Gasteiger partial charge is 0.330 e. The SMILES string of the molecule is CS(=O)(=O)NCC1(CN)CCC1. The van der Waals surface area contributed by atoms with E-state index in [1.807, 2.05) is 0 Å². The smallest absolute Gasteiger partial charge is 0.208 e. The molecular weight excluding hydrogens is 176 g/mol. The minimum atomic E-state index is -3.05. The maximum Gasteiger partial charge on any atom is 0.208 e. The van der Waals surface area contributed by atoms with Gasteiger partial charge in [-0.05, 0) is 24.8 Å². The second kappa shape index (κ2) is 3.32. The lowest BCUT2D eigenvalue weighted by Crippen LogP contribution is -2.46. The summed E-state index contributed by atoms with van der Waals surface area (Å²) in [6.07, 6.45) is 4.44. The van der Waals surface area contributed by atoms with E-state index in [4.69, 9.17) is 5.73 Å². The van der Waals surface area contributed by atoms with Gasteiger partial charge in [0, 0.05) is 6.54 Å². The molecule has 0 unspecified atom stereocenters. The van der Waals surface area contributed by atoms with Crippen LogP contribution in [0.4, 0.5) is 0 Å². The van der Waals surface area contributed by atoms with Crippen molar-refractivity contribution in [2.24, 2.45) is 11.1 Å². The molecule has 1 fully saturated rings. The third-order valence-corrected chi connectivity index (χ3v) is 3.23. The Labute approximate surface area is 73.6 Å². The van der Waals surface area contributed by atoms with Crippen molar-refractivity contribution in [3.63, 3.8) is 0 Å². The average molecular weight is 192 g/mol. The highest BCUT2D eigenvalue weighted by atomic mass is 32.2. The van der Waals surface area contributed by atoms with E-state index in [1.165, 1.54) is 12.7 Å². The normalized spacial score (nSPS) is 21.8. The summed E-state index contributed by atoms with van der Waals surface area (Å²) < 4.78 is 24.1. The highest BCUT2D eigenvalue weighted by Gasteiger charge is 2.35. The minimum absolute atomic E-state index is 0.0586. The Hall–Kier alpha value is -0.130. The Kier molecular flexibility index (Phi) is 2.75. The number of nitrogens with two attached hydrogens (primary N) is 1. The fourth-order valence-corrected chi connectivity index (χ4v) is 1.98. The van der Waals surface area contributed by atoms with E-state index >= 15 is 0 Å². The summed E-state index contributed by atoms with van der Waals surface area (Å²) >= 11 is 0. The first-order valence-electron chi connectivity index (χ1n) is 4.12. The molecular formula is C7H16N2O2S. The summed E-state index contributed by atoms with van der Waals surface area (Å²) in [5, 5.41) is 0. The van der Waals surface area contributed by atoms with Gasteiger partial charge >= 0.3 is 0 Å². The molecule has 12 heavy (non-hydrogen) atoms. The van der Waals surface area contributed by atoms with E-state index in [1.54, 1.807) is 0 Å². The fraction of sp³-hybridized carbons (Fsp3) is 1.00. The number of nitrogens with one attached hydrogen (secondary N) is 1. The summed E-state index contributed by atoms with van der Waals surface area (Å²) in [7, 11) is -3.05. The molecule has 0 bridgehead atoms. The number of rotatable bonds is 4. The summed E-state index contributed by atoms with van der Waals surface area (Å²) in [4.78, 5) is 0. The molecule has 1 saturated carbocycles.